The summed E-state index contributed by atoms with van der Waals surface area (Å²) in [6.07, 6.45) is 1.55. The van der Waals surface area contributed by atoms with Crippen molar-refractivity contribution in [1.82, 2.24) is 0 Å². The van der Waals surface area contributed by atoms with E-state index in [4.69, 9.17) is 4.74 Å². The Morgan fingerprint density at radius 3 is 2.64 bits per heavy atom. The fourth-order valence-electron chi connectivity index (χ4n) is 1.27. The standard InChI is InChI=1S/C11H13NO2/c1-8(2)10-6-9(14-3)4-5-11(10)12-7-13/h4-6,8H,1-3H3. The minimum atomic E-state index is 0.303. The molecule has 0 aliphatic rings. The van der Waals surface area contributed by atoms with Gasteiger partial charge in [0.15, 0.2) is 0 Å². The summed E-state index contributed by atoms with van der Waals surface area (Å²) in [5.41, 5.74) is 1.66. The highest BCUT2D eigenvalue weighted by molar-refractivity contribution is 5.56. The largest absolute Gasteiger partial charge is 0.497 e. The lowest BCUT2D eigenvalue weighted by Gasteiger charge is -2.09. The van der Waals surface area contributed by atoms with Crippen LogP contribution in [0.5, 0.6) is 5.75 Å². The van der Waals surface area contributed by atoms with E-state index in [0.717, 1.165) is 11.3 Å². The van der Waals surface area contributed by atoms with Crippen molar-refractivity contribution in [3.63, 3.8) is 0 Å². The highest BCUT2D eigenvalue weighted by Gasteiger charge is 2.07. The van der Waals surface area contributed by atoms with E-state index in [9.17, 15) is 4.79 Å². The van der Waals surface area contributed by atoms with Gasteiger partial charge in [0, 0.05) is 0 Å². The Kier molecular flexibility index (Phi) is 3.43. The smallest absolute Gasteiger partial charge is 0.240 e. The first-order valence-electron chi connectivity index (χ1n) is 4.45. The van der Waals surface area contributed by atoms with E-state index in [1.165, 1.54) is 0 Å². The molecule has 0 aliphatic heterocycles. The van der Waals surface area contributed by atoms with Gasteiger partial charge in [-0.3, -0.25) is 0 Å². The van der Waals surface area contributed by atoms with Gasteiger partial charge in [-0.15, -0.1) is 0 Å². The first-order valence-corrected chi connectivity index (χ1v) is 4.45. The molecule has 0 atom stereocenters. The van der Waals surface area contributed by atoms with Crippen molar-refractivity contribution < 1.29 is 9.53 Å². The molecule has 0 N–H and O–H groups in total. The molecule has 14 heavy (non-hydrogen) atoms. The predicted octanol–water partition coefficient (Wildman–Crippen LogP) is 2.79. The Hall–Kier alpha value is -1.60. The minimum absolute atomic E-state index is 0.303. The zero-order chi connectivity index (χ0) is 10.6. The quantitative estimate of drug-likeness (QED) is 0.544. The number of ether oxygens (including phenoxy) is 1. The summed E-state index contributed by atoms with van der Waals surface area (Å²) in [6, 6.07) is 5.43. The van der Waals surface area contributed by atoms with Gasteiger partial charge in [0.1, 0.15) is 5.75 Å². The Morgan fingerprint density at radius 1 is 1.43 bits per heavy atom. The SMILES string of the molecule is COc1ccc(N=C=O)c(C(C)C)c1. The molecular formula is C11H13NO2. The van der Waals surface area contributed by atoms with Crippen LogP contribution in [0.15, 0.2) is 23.2 Å². The molecule has 1 aromatic rings. The van der Waals surface area contributed by atoms with Crippen molar-refractivity contribution >= 4 is 11.8 Å². The van der Waals surface area contributed by atoms with Crippen LogP contribution in [0, 0.1) is 0 Å². The molecule has 0 radical (unpaired) electrons. The molecule has 0 heterocycles. The Morgan fingerprint density at radius 2 is 2.14 bits per heavy atom. The van der Waals surface area contributed by atoms with Gasteiger partial charge in [-0.25, -0.2) is 4.79 Å². The lowest BCUT2D eigenvalue weighted by atomic mass is 10.0. The summed E-state index contributed by atoms with van der Waals surface area (Å²) in [5.74, 6) is 1.08. The summed E-state index contributed by atoms with van der Waals surface area (Å²) in [4.78, 5) is 13.8. The molecule has 0 bridgehead atoms. The molecular weight excluding hydrogens is 178 g/mol. The molecule has 1 aromatic carbocycles. The topological polar surface area (TPSA) is 38.7 Å². The highest BCUT2D eigenvalue weighted by Crippen LogP contribution is 2.30. The number of isocyanates is 1. The van der Waals surface area contributed by atoms with Gasteiger partial charge >= 0.3 is 0 Å². The molecule has 0 aromatic heterocycles. The minimum Gasteiger partial charge on any atom is -0.497 e. The van der Waals surface area contributed by atoms with E-state index in [2.05, 4.69) is 4.99 Å². The van der Waals surface area contributed by atoms with E-state index < -0.39 is 0 Å². The maximum Gasteiger partial charge on any atom is 0.240 e. The van der Waals surface area contributed by atoms with Gasteiger partial charge in [0.2, 0.25) is 6.08 Å². The lowest BCUT2D eigenvalue weighted by molar-refractivity contribution is 0.414. The van der Waals surface area contributed by atoms with Crippen molar-refractivity contribution in [3.05, 3.63) is 23.8 Å². The molecule has 3 nitrogen and oxygen atoms in total. The lowest BCUT2D eigenvalue weighted by Crippen LogP contribution is -1.90. The highest BCUT2D eigenvalue weighted by atomic mass is 16.5. The molecule has 0 aliphatic carbocycles. The maximum absolute atomic E-state index is 10.2. The van der Waals surface area contributed by atoms with Crippen LogP contribution in [0.25, 0.3) is 0 Å². The number of methoxy groups -OCH3 is 1. The van der Waals surface area contributed by atoms with Crippen LogP contribution in [0.1, 0.15) is 25.3 Å². The van der Waals surface area contributed by atoms with E-state index in [0.29, 0.717) is 11.6 Å². The van der Waals surface area contributed by atoms with Crippen molar-refractivity contribution in [2.45, 2.75) is 19.8 Å². The summed E-state index contributed by atoms with van der Waals surface area (Å²) >= 11 is 0. The van der Waals surface area contributed by atoms with Crippen LogP contribution in [0.3, 0.4) is 0 Å². The van der Waals surface area contributed by atoms with Crippen molar-refractivity contribution in [3.8, 4) is 5.75 Å². The van der Waals surface area contributed by atoms with Crippen LogP contribution in [0.4, 0.5) is 5.69 Å². The van der Waals surface area contributed by atoms with Gasteiger partial charge < -0.3 is 4.74 Å². The first kappa shape index (κ1) is 10.5. The van der Waals surface area contributed by atoms with Crippen LogP contribution >= 0.6 is 0 Å². The molecule has 0 spiro atoms. The van der Waals surface area contributed by atoms with Crippen molar-refractivity contribution in [2.24, 2.45) is 4.99 Å². The monoisotopic (exact) mass is 191 g/mol. The zero-order valence-electron chi connectivity index (χ0n) is 8.57. The number of hydrogen-bond acceptors (Lipinski definition) is 3. The second-order valence-corrected chi connectivity index (χ2v) is 3.28. The molecule has 0 unspecified atom stereocenters. The Balaban J connectivity index is 3.23. The number of nitrogens with zero attached hydrogens (tertiary/aromatic N) is 1. The van der Waals surface area contributed by atoms with Gasteiger partial charge in [-0.05, 0) is 29.7 Å². The molecule has 1 rings (SSSR count). The van der Waals surface area contributed by atoms with E-state index in [1.54, 1.807) is 25.3 Å². The van der Waals surface area contributed by atoms with Crippen molar-refractivity contribution in [1.29, 1.82) is 0 Å². The average Bonchev–Trinajstić information content (AvgIpc) is 2.18. The summed E-state index contributed by atoms with van der Waals surface area (Å²) in [7, 11) is 1.61. The molecule has 3 heteroatoms. The number of benzene rings is 1. The van der Waals surface area contributed by atoms with E-state index in [-0.39, 0.29) is 0 Å². The van der Waals surface area contributed by atoms with Gasteiger partial charge in [-0.2, -0.15) is 4.99 Å². The second-order valence-electron chi connectivity index (χ2n) is 3.28. The zero-order valence-corrected chi connectivity index (χ0v) is 8.57. The van der Waals surface area contributed by atoms with Crippen molar-refractivity contribution in [2.75, 3.05) is 7.11 Å². The predicted molar refractivity (Wildman–Crippen MR) is 54.9 cm³/mol. The third-order valence-corrected chi connectivity index (χ3v) is 2.02. The molecule has 0 amide bonds. The van der Waals surface area contributed by atoms with E-state index >= 15 is 0 Å². The second kappa shape index (κ2) is 4.58. The summed E-state index contributed by atoms with van der Waals surface area (Å²) in [6.45, 7) is 4.08. The summed E-state index contributed by atoms with van der Waals surface area (Å²) < 4.78 is 5.10. The molecule has 74 valence electrons. The first-order chi connectivity index (χ1) is 6.69. The fourth-order valence-corrected chi connectivity index (χ4v) is 1.27. The van der Waals surface area contributed by atoms with Crippen LogP contribution in [-0.4, -0.2) is 13.2 Å². The van der Waals surface area contributed by atoms with E-state index in [1.807, 2.05) is 19.9 Å². The van der Waals surface area contributed by atoms with Crippen LogP contribution < -0.4 is 4.74 Å². The maximum atomic E-state index is 10.2. The number of carbonyl (C=O) groups excluding carboxylic acids is 1. The van der Waals surface area contributed by atoms with Gasteiger partial charge in [0.25, 0.3) is 0 Å². The molecule has 0 saturated heterocycles. The third kappa shape index (κ3) is 2.21. The third-order valence-electron chi connectivity index (χ3n) is 2.02. The Labute approximate surface area is 83.4 Å². The Bertz CT molecular complexity index is 366. The van der Waals surface area contributed by atoms with Gasteiger partial charge in [-0.1, -0.05) is 13.8 Å². The molecule has 0 fully saturated rings. The average molecular weight is 191 g/mol. The number of rotatable bonds is 3. The van der Waals surface area contributed by atoms with Crippen LogP contribution in [-0.2, 0) is 4.79 Å². The number of hydrogen-bond donors (Lipinski definition) is 0. The van der Waals surface area contributed by atoms with Crippen LogP contribution in [0.2, 0.25) is 0 Å². The molecule has 0 saturated carbocycles. The summed E-state index contributed by atoms with van der Waals surface area (Å²) in [5, 5.41) is 0. The normalized spacial score (nSPS) is 9.71. The number of aliphatic imine (C=N–C) groups is 1. The fraction of sp³-hybridized carbons (Fsp3) is 0.364. The van der Waals surface area contributed by atoms with Gasteiger partial charge in [0.05, 0.1) is 12.8 Å².